The summed E-state index contributed by atoms with van der Waals surface area (Å²) < 4.78 is 39.3. The number of hydrogen-bond donors (Lipinski definition) is 1. The Morgan fingerprint density at radius 3 is 2.63 bits per heavy atom. The first kappa shape index (κ1) is 20.1. The van der Waals surface area contributed by atoms with E-state index in [2.05, 4.69) is 0 Å². The van der Waals surface area contributed by atoms with Crippen LogP contribution in [0.15, 0.2) is 18.2 Å². The first-order valence-corrected chi connectivity index (χ1v) is 9.22. The third-order valence-corrected chi connectivity index (χ3v) is 5.50. The summed E-state index contributed by atoms with van der Waals surface area (Å²) in [5.41, 5.74) is -1.21. The van der Waals surface area contributed by atoms with Crippen molar-refractivity contribution in [3.63, 3.8) is 0 Å². The van der Waals surface area contributed by atoms with Crippen LogP contribution >= 0.6 is 11.6 Å². The van der Waals surface area contributed by atoms with Gasteiger partial charge in [0, 0.05) is 12.6 Å². The molecule has 2 amide bonds. The molecule has 1 N–H and O–H groups in total. The van der Waals surface area contributed by atoms with Gasteiger partial charge in [-0.05, 0) is 44.0 Å². The molecule has 0 spiro atoms. The maximum Gasteiger partial charge on any atom is 0.417 e. The number of piperidine rings is 1. The van der Waals surface area contributed by atoms with Crippen LogP contribution < -0.4 is 4.90 Å². The van der Waals surface area contributed by atoms with Crippen LogP contribution in [0.2, 0.25) is 5.02 Å². The summed E-state index contributed by atoms with van der Waals surface area (Å²) in [5, 5.41) is 8.77. The maximum absolute atomic E-state index is 13.1. The Kier molecular flexibility index (Phi) is 5.79. The zero-order chi connectivity index (χ0) is 19.8. The van der Waals surface area contributed by atoms with Gasteiger partial charge in [-0.3, -0.25) is 14.5 Å². The highest BCUT2D eigenvalue weighted by molar-refractivity contribution is 6.31. The summed E-state index contributed by atoms with van der Waals surface area (Å²) in [7, 11) is 0. The second-order valence-corrected chi connectivity index (χ2v) is 7.26. The number of likely N-dealkylation sites (tertiary alicyclic amines) is 1. The Hall–Kier alpha value is -1.64. The van der Waals surface area contributed by atoms with E-state index in [1.54, 1.807) is 0 Å². The van der Waals surface area contributed by atoms with Crippen LogP contribution in [0, 0.1) is 0 Å². The molecular weight excluding hydrogens is 385 g/mol. The minimum Gasteiger partial charge on any atom is -0.396 e. The second-order valence-electron chi connectivity index (χ2n) is 6.85. The van der Waals surface area contributed by atoms with Gasteiger partial charge in [0.1, 0.15) is 0 Å². The van der Waals surface area contributed by atoms with Gasteiger partial charge in [0.2, 0.25) is 5.91 Å². The average molecular weight is 405 g/mol. The number of nitrogens with zero attached hydrogens (tertiary/aromatic N) is 2. The topological polar surface area (TPSA) is 60.9 Å². The van der Waals surface area contributed by atoms with E-state index in [0.717, 1.165) is 36.3 Å². The third-order valence-electron chi connectivity index (χ3n) is 5.17. The van der Waals surface area contributed by atoms with Crippen molar-refractivity contribution in [2.45, 2.75) is 50.4 Å². The number of carbonyl (C=O) groups is 2. The molecule has 148 valence electrons. The zero-order valence-corrected chi connectivity index (χ0v) is 15.3. The SMILES string of the molecule is O=C1C[C@@H](N2CCCC[C@@H]2CCO)C(=O)N1c1ccc(Cl)c(C(F)(F)F)c1. The van der Waals surface area contributed by atoms with Crippen LogP contribution in [0.3, 0.4) is 0 Å². The molecule has 2 fully saturated rings. The quantitative estimate of drug-likeness (QED) is 0.783. The normalized spacial score (nSPS) is 24.7. The molecule has 2 aliphatic heterocycles. The van der Waals surface area contributed by atoms with Gasteiger partial charge in [-0.2, -0.15) is 13.2 Å². The fourth-order valence-electron chi connectivity index (χ4n) is 3.91. The van der Waals surface area contributed by atoms with Crippen LogP contribution in [0.4, 0.5) is 18.9 Å². The van der Waals surface area contributed by atoms with Crippen molar-refractivity contribution in [3.8, 4) is 0 Å². The first-order chi connectivity index (χ1) is 12.7. The second kappa shape index (κ2) is 7.77. The standard InChI is InChI=1S/C18H20ClF3N2O3/c19-14-5-4-12(9-13(14)18(20,21)22)24-16(26)10-15(17(24)27)23-7-2-1-3-11(23)6-8-25/h4-5,9,11,15,25H,1-3,6-8,10H2/t11-,15-/m1/s1. The summed E-state index contributed by atoms with van der Waals surface area (Å²) in [6, 6.07) is 2.31. The van der Waals surface area contributed by atoms with E-state index in [1.807, 2.05) is 4.90 Å². The first-order valence-electron chi connectivity index (χ1n) is 8.84. The van der Waals surface area contributed by atoms with E-state index in [-0.39, 0.29) is 24.8 Å². The summed E-state index contributed by atoms with van der Waals surface area (Å²) in [6.07, 6.45) is -1.60. The van der Waals surface area contributed by atoms with Crippen molar-refractivity contribution in [2.24, 2.45) is 0 Å². The van der Waals surface area contributed by atoms with E-state index in [4.69, 9.17) is 11.6 Å². The monoisotopic (exact) mass is 404 g/mol. The number of aliphatic hydroxyl groups is 1. The van der Waals surface area contributed by atoms with Crippen LogP contribution in [0.1, 0.15) is 37.7 Å². The summed E-state index contributed by atoms with van der Waals surface area (Å²) >= 11 is 5.62. The number of benzene rings is 1. The van der Waals surface area contributed by atoms with Gasteiger partial charge in [0.05, 0.1) is 28.7 Å². The number of amides is 2. The van der Waals surface area contributed by atoms with Gasteiger partial charge in [0.15, 0.2) is 0 Å². The number of carbonyl (C=O) groups excluding carboxylic acids is 2. The van der Waals surface area contributed by atoms with E-state index in [1.165, 1.54) is 6.07 Å². The van der Waals surface area contributed by atoms with E-state index in [0.29, 0.717) is 13.0 Å². The fraction of sp³-hybridized carbons (Fsp3) is 0.556. The largest absolute Gasteiger partial charge is 0.417 e. The van der Waals surface area contributed by atoms with Crippen molar-refractivity contribution in [1.29, 1.82) is 0 Å². The highest BCUT2D eigenvalue weighted by atomic mass is 35.5. The van der Waals surface area contributed by atoms with Gasteiger partial charge >= 0.3 is 6.18 Å². The van der Waals surface area contributed by atoms with E-state index in [9.17, 15) is 27.9 Å². The van der Waals surface area contributed by atoms with Crippen molar-refractivity contribution in [1.82, 2.24) is 4.90 Å². The van der Waals surface area contributed by atoms with Crippen LogP contribution in [-0.2, 0) is 15.8 Å². The van der Waals surface area contributed by atoms with E-state index >= 15 is 0 Å². The Balaban J connectivity index is 1.88. The Morgan fingerprint density at radius 2 is 1.96 bits per heavy atom. The molecule has 0 bridgehead atoms. The molecule has 2 aliphatic rings. The minimum atomic E-state index is -4.68. The van der Waals surface area contributed by atoms with Crippen LogP contribution in [-0.4, -0.2) is 47.1 Å². The van der Waals surface area contributed by atoms with Crippen molar-refractivity contribution in [2.75, 3.05) is 18.1 Å². The fourth-order valence-corrected chi connectivity index (χ4v) is 4.13. The van der Waals surface area contributed by atoms with Gasteiger partial charge in [-0.1, -0.05) is 18.0 Å². The number of halogens is 4. The van der Waals surface area contributed by atoms with Crippen LogP contribution in [0.5, 0.6) is 0 Å². The lowest BCUT2D eigenvalue weighted by molar-refractivity contribution is -0.137. The third kappa shape index (κ3) is 3.97. The van der Waals surface area contributed by atoms with E-state index < -0.39 is 34.6 Å². The molecule has 0 unspecified atom stereocenters. The number of hydrogen-bond acceptors (Lipinski definition) is 4. The summed E-state index contributed by atoms with van der Waals surface area (Å²) in [6.45, 7) is 0.600. The smallest absolute Gasteiger partial charge is 0.396 e. The minimum absolute atomic E-state index is 0.0126. The molecule has 0 radical (unpaired) electrons. The predicted molar refractivity (Wildman–Crippen MR) is 93.4 cm³/mol. The number of rotatable bonds is 4. The molecule has 2 heterocycles. The average Bonchev–Trinajstić information content (AvgIpc) is 2.90. The molecule has 1 aromatic rings. The molecule has 27 heavy (non-hydrogen) atoms. The lowest BCUT2D eigenvalue weighted by Gasteiger charge is -2.38. The van der Waals surface area contributed by atoms with Crippen molar-refractivity contribution in [3.05, 3.63) is 28.8 Å². The number of alkyl halides is 3. The number of aliphatic hydroxyl groups excluding tert-OH is 1. The molecule has 9 heteroatoms. The zero-order valence-electron chi connectivity index (χ0n) is 14.5. The van der Waals surface area contributed by atoms with Gasteiger partial charge in [0.25, 0.3) is 5.91 Å². The molecule has 0 aliphatic carbocycles. The van der Waals surface area contributed by atoms with Gasteiger partial charge < -0.3 is 5.11 Å². The highest BCUT2D eigenvalue weighted by Gasteiger charge is 2.45. The predicted octanol–water partition coefficient (Wildman–Crippen LogP) is 3.23. The van der Waals surface area contributed by atoms with Crippen molar-refractivity contribution >= 4 is 29.1 Å². The lowest BCUT2D eigenvalue weighted by atomic mass is 9.97. The molecule has 2 saturated heterocycles. The molecule has 0 aromatic heterocycles. The number of imide groups is 1. The molecule has 1 aromatic carbocycles. The maximum atomic E-state index is 13.1. The molecular formula is C18H20ClF3N2O3. The molecule has 5 nitrogen and oxygen atoms in total. The molecule has 0 saturated carbocycles. The lowest BCUT2D eigenvalue weighted by Crippen LogP contribution is -2.50. The Morgan fingerprint density at radius 1 is 1.22 bits per heavy atom. The van der Waals surface area contributed by atoms with Gasteiger partial charge in [-0.15, -0.1) is 0 Å². The Labute approximate surface area is 159 Å². The Bertz CT molecular complexity index is 739. The summed E-state index contributed by atoms with van der Waals surface area (Å²) in [4.78, 5) is 28.1. The molecule has 2 atom stereocenters. The summed E-state index contributed by atoms with van der Waals surface area (Å²) in [5.74, 6) is -1.06. The number of anilines is 1. The highest BCUT2D eigenvalue weighted by Crippen LogP contribution is 2.38. The van der Waals surface area contributed by atoms with Crippen LogP contribution in [0.25, 0.3) is 0 Å². The van der Waals surface area contributed by atoms with Gasteiger partial charge in [-0.25, -0.2) is 4.90 Å². The molecule has 3 rings (SSSR count). The van der Waals surface area contributed by atoms with Crippen molar-refractivity contribution < 1.29 is 27.9 Å².